The molecule has 26 heavy (non-hydrogen) atoms. The van der Waals surface area contributed by atoms with Crippen LogP contribution in [0.4, 0.5) is 0 Å². The van der Waals surface area contributed by atoms with E-state index >= 15 is 0 Å². The first-order chi connectivity index (χ1) is 12.8. The Kier molecular flexibility index (Phi) is 4.37. The smallest absolute Gasteiger partial charge is 0.137 e. The van der Waals surface area contributed by atoms with E-state index in [2.05, 4.69) is 18.7 Å². The van der Waals surface area contributed by atoms with Crippen molar-refractivity contribution in [2.45, 2.75) is 12.2 Å². The van der Waals surface area contributed by atoms with Crippen molar-refractivity contribution in [2.24, 2.45) is 0 Å². The van der Waals surface area contributed by atoms with E-state index in [9.17, 15) is 5.11 Å². The number of hydrogen-bond donors (Lipinski definition) is 1. The molecule has 1 aliphatic heterocycles. The molecule has 1 N–H and O–H groups in total. The van der Waals surface area contributed by atoms with Crippen molar-refractivity contribution in [3.8, 4) is 17.2 Å². The van der Waals surface area contributed by atoms with E-state index in [1.54, 1.807) is 13.2 Å². The Hall–Kier alpha value is -2.82. The van der Waals surface area contributed by atoms with Crippen molar-refractivity contribution in [3.63, 3.8) is 0 Å². The molecule has 0 saturated carbocycles. The van der Waals surface area contributed by atoms with Crippen LogP contribution in [0.5, 0.6) is 17.2 Å². The number of benzene rings is 3. The molecule has 0 spiro atoms. The Morgan fingerprint density at radius 3 is 2.65 bits per heavy atom. The van der Waals surface area contributed by atoms with Crippen molar-refractivity contribution >= 4 is 10.8 Å². The molecule has 132 valence electrons. The Balaban J connectivity index is 1.98. The first-order valence-electron chi connectivity index (χ1n) is 8.52. The van der Waals surface area contributed by atoms with Gasteiger partial charge in [0, 0.05) is 5.56 Å². The van der Waals surface area contributed by atoms with E-state index in [0.717, 1.165) is 27.6 Å². The van der Waals surface area contributed by atoms with Crippen molar-refractivity contribution < 1.29 is 19.3 Å². The molecule has 1 heterocycles. The summed E-state index contributed by atoms with van der Waals surface area (Å²) in [5, 5.41) is 11.8. The van der Waals surface area contributed by atoms with Gasteiger partial charge in [0.05, 0.1) is 25.4 Å². The molecular formula is C22H20O4. The molecule has 0 fully saturated rings. The average Bonchev–Trinajstić information content (AvgIpc) is 2.70. The van der Waals surface area contributed by atoms with E-state index in [-0.39, 0.29) is 6.61 Å². The van der Waals surface area contributed by atoms with Crippen molar-refractivity contribution in [1.29, 1.82) is 0 Å². The highest BCUT2D eigenvalue weighted by Crippen LogP contribution is 2.51. The summed E-state index contributed by atoms with van der Waals surface area (Å²) in [7, 11) is 1.63. The Bertz CT molecular complexity index is 964. The van der Waals surface area contributed by atoms with E-state index in [1.807, 2.05) is 42.5 Å². The Labute approximate surface area is 152 Å². The van der Waals surface area contributed by atoms with Crippen molar-refractivity contribution in [1.82, 2.24) is 0 Å². The summed E-state index contributed by atoms with van der Waals surface area (Å²) in [6.07, 6.45) is 0.670. The van der Waals surface area contributed by atoms with Gasteiger partial charge in [0.25, 0.3) is 0 Å². The molecule has 3 aromatic rings. The SMILES string of the molecule is C=CC(CO)OC1c2c(OC)cccc2Oc2ccc3ccccc3c21. The maximum Gasteiger partial charge on any atom is 0.137 e. The molecular weight excluding hydrogens is 328 g/mol. The van der Waals surface area contributed by atoms with Gasteiger partial charge >= 0.3 is 0 Å². The number of ether oxygens (including phenoxy) is 3. The maximum absolute atomic E-state index is 9.63. The van der Waals surface area contributed by atoms with Gasteiger partial charge in [-0.2, -0.15) is 0 Å². The molecule has 0 amide bonds. The van der Waals surface area contributed by atoms with Gasteiger partial charge in [0.15, 0.2) is 0 Å². The van der Waals surface area contributed by atoms with Gasteiger partial charge in [-0.3, -0.25) is 0 Å². The van der Waals surface area contributed by atoms with Crippen LogP contribution in [0.1, 0.15) is 17.2 Å². The molecule has 4 nitrogen and oxygen atoms in total. The lowest BCUT2D eigenvalue weighted by molar-refractivity contribution is 0.000271. The fourth-order valence-electron chi connectivity index (χ4n) is 3.43. The van der Waals surface area contributed by atoms with E-state index in [1.165, 1.54) is 0 Å². The van der Waals surface area contributed by atoms with Crippen LogP contribution in [-0.4, -0.2) is 24.9 Å². The van der Waals surface area contributed by atoms with Gasteiger partial charge in [-0.15, -0.1) is 6.58 Å². The van der Waals surface area contributed by atoms with Crippen LogP contribution >= 0.6 is 0 Å². The van der Waals surface area contributed by atoms with Gasteiger partial charge in [-0.1, -0.05) is 42.5 Å². The fourth-order valence-corrected chi connectivity index (χ4v) is 3.43. The Morgan fingerprint density at radius 2 is 1.88 bits per heavy atom. The summed E-state index contributed by atoms with van der Waals surface area (Å²) in [5.41, 5.74) is 1.75. The van der Waals surface area contributed by atoms with Crippen LogP contribution < -0.4 is 9.47 Å². The molecule has 2 atom stereocenters. The van der Waals surface area contributed by atoms with Gasteiger partial charge in [-0.25, -0.2) is 0 Å². The zero-order valence-corrected chi connectivity index (χ0v) is 14.5. The fraction of sp³-hybridized carbons (Fsp3) is 0.182. The van der Waals surface area contributed by atoms with Crippen LogP contribution in [0, 0.1) is 0 Å². The van der Waals surface area contributed by atoms with Gasteiger partial charge in [0.1, 0.15) is 23.4 Å². The zero-order valence-electron chi connectivity index (χ0n) is 14.5. The van der Waals surface area contributed by atoms with Gasteiger partial charge < -0.3 is 19.3 Å². The Morgan fingerprint density at radius 1 is 1.08 bits per heavy atom. The lowest BCUT2D eigenvalue weighted by Gasteiger charge is -2.32. The normalized spacial score (nSPS) is 16.3. The third-order valence-electron chi connectivity index (χ3n) is 4.67. The first kappa shape index (κ1) is 16.6. The molecule has 2 unspecified atom stereocenters. The maximum atomic E-state index is 9.63. The number of aliphatic hydroxyl groups is 1. The van der Waals surface area contributed by atoms with Crippen LogP contribution in [-0.2, 0) is 4.74 Å². The van der Waals surface area contributed by atoms with E-state index in [0.29, 0.717) is 11.5 Å². The predicted molar refractivity (Wildman–Crippen MR) is 101 cm³/mol. The number of hydrogen-bond acceptors (Lipinski definition) is 4. The number of fused-ring (bicyclic) bond motifs is 4. The molecule has 4 rings (SSSR count). The minimum Gasteiger partial charge on any atom is -0.496 e. The molecule has 3 aromatic carbocycles. The predicted octanol–water partition coefficient (Wildman–Crippen LogP) is 4.61. The molecule has 4 heteroatoms. The summed E-state index contributed by atoms with van der Waals surface area (Å²) in [6.45, 7) is 3.62. The molecule has 0 aliphatic carbocycles. The van der Waals surface area contributed by atoms with Crippen molar-refractivity contribution in [3.05, 3.63) is 78.4 Å². The number of aliphatic hydroxyl groups excluding tert-OH is 1. The zero-order chi connectivity index (χ0) is 18.1. The highest BCUT2D eigenvalue weighted by Gasteiger charge is 2.33. The summed E-state index contributed by atoms with van der Waals surface area (Å²) in [6, 6.07) is 17.8. The summed E-state index contributed by atoms with van der Waals surface area (Å²) in [5.74, 6) is 2.12. The highest BCUT2D eigenvalue weighted by molar-refractivity contribution is 5.89. The molecule has 0 saturated heterocycles. The quantitative estimate of drug-likeness (QED) is 0.684. The van der Waals surface area contributed by atoms with Crippen LogP contribution in [0.25, 0.3) is 10.8 Å². The summed E-state index contributed by atoms with van der Waals surface area (Å²) < 4.78 is 18.0. The summed E-state index contributed by atoms with van der Waals surface area (Å²) in [4.78, 5) is 0. The second-order valence-electron chi connectivity index (χ2n) is 6.15. The first-order valence-corrected chi connectivity index (χ1v) is 8.52. The third-order valence-corrected chi connectivity index (χ3v) is 4.67. The van der Waals surface area contributed by atoms with Crippen LogP contribution in [0.2, 0.25) is 0 Å². The standard InChI is InChI=1S/C22H20O4/c1-3-15(13-23)25-22-20-16-8-5-4-7-14(16)11-12-19(20)26-18-10-6-9-17(24-2)21(18)22/h3-12,15,22-23H,1,13H2,2H3. The molecule has 0 aromatic heterocycles. The lowest BCUT2D eigenvalue weighted by Crippen LogP contribution is -2.22. The third kappa shape index (κ3) is 2.64. The molecule has 1 aliphatic rings. The highest BCUT2D eigenvalue weighted by atomic mass is 16.5. The van der Waals surface area contributed by atoms with Crippen LogP contribution in [0.3, 0.4) is 0 Å². The van der Waals surface area contributed by atoms with Crippen LogP contribution in [0.15, 0.2) is 67.3 Å². The second-order valence-corrected chi connectivity index (χ2v) is 6.15. The van der Waals surface area contributed by atoms with Gasteiger partial charge in [0.2, 0.25) is 0 Å². The number of rotatable bonds is 5. The average molecular weight is 348 g/mol. The van der Waals surface area contributed by atoms with Gasteiger partial charge in [-0.05, 0) is 29.0 Å². The van der Waals surface area contributed by atoms with E-state index < -0.39 is 12.2 Å². The van der Waals surface area contributed by atoms with E-state index in [4.69, 9.17) is 14.2 Å². The largest absolute Gasteiger partial charge is 0.496 e. The second kappa shape index (κ2) is 6.83. The minimum absolute atomic E-state index is 0.147. The topological polar surface area (TPSA) is 47.9 Å². The van der Waals surface area contributed by atoms with Crippen molar-refractivity contribution in [2.75, 3.05) is 13.7 Å². The summed E-state index contributed by atoms with van der Waals surface area (Å²) >= 11 is 0. The molecule has 0 radical (unpaired) electrons. The number of methoxy groups -OCH3 is 1. The molecule has 0 bridgehead atoms. The monoisotopic (exact) mass is 348 g/mol. The lowest BCUT2D eigenvalue weighted by atomic mass is 9.91. The minimum atomic E-state index is -0.498.